The highest BCUT2D eigenvalue weighted by Crippen LogP contribution is 2.18. The number of hydrogen-bond donors (Lipinski definition) is 2. The minimum absolute atomic E-state index is 0.00157. The summed E-state index contributed by atoms with van der Waals surface area (Å²) >= 11 is 1.08. The molecular weight excluding hydrogens is 450 g/mol. The van der Waals surface area contributed by atoms with Crippen LogP contribution in [0.1, 0.15) is 11.4 Å². The van der Waals surface area contributed by atoms with E-state index in [9.17, 15) is 18.0 Å². The quantitative estimate of drug-likeness (QED) is 0.448. The monoisotopic (exact) mass is 469 g/mol. The number of aromatic nitrogens is 3. The second kappa shape index (κ2) is 8.52. The lowest BCUT2D eigenvalue weighted by atomic mass is 10.3. The van der Waals surface area contributed by atoms with Crippen LogP contribution in [-0.2, 0) is 21.4 Å². The fourth-order valence-electron chi connectivity index (χ4n) is 3.18. The summed E-state index contributed by atoms with van der Waals surface area (Å²) in [5.74, 6) is -0.402. The summed E-state index contributed by atoms with van der Waals surface area (Å²) < 4.78 is 29.8. The Hall–Kier alpha value is -3.57. The van der Waals surface area contributed by atoms with Crippen molar-refractivity contribution in [2.45, 2.75) is 25.3 Å². The normalized spacial score (nSPS) is 11.4. The highest BCUT2D eigenvalue weighted by molar-refractivity contribution is 7.92. The van der Waals surface area contributed by atoms with Crippen LogP contribution in [0.3, 0.4) is 0 Å². The Kier molecular flexibility index (Phi) is 5.76. The molecule has 0 aliphatic carbocycles. The fourth-order valence-corrected chi connectivity index (χ4v) is 5.01. The number of benzene rings is 2. The molecule has 1 amide bonds. The number of aryl methyl sites for hydroxylation is 2. The first-order valence-electron chi connectivity index (χ1n) is 9.55. The van der Waals surface area contributed by atoms with Crippen LogP contribution < -0.4 is 14.9 Å². The summed E-state index contributed by atoms with van der Waals surface area (Å²) in [5, 5.41) is 2.68. The lowest BCUT2D eigenvalue weighted by molar-refractivity contribution is -0.116. The molecule has 0 aliphatic rings. The highest BCUT2D eigenvalue weighted by Gasteiger charge is 2.17. The van der Waals surface area contributed by atoms with Gasteiger partial charge in [0.2, 0.25) is 11.9 Å². The third-order valence-corrected chi connectivity index (χ3v) is 6.84. The van der Waals surface area contributed by atoms with Gasteiger partial charge in [0.05, 0.1) is 15.1 Å². The molecule has 0 saturated carbocycles. The molecule has 0 fully saturated rings. The van der Waals surface area contributed by atoms with Gasteiger partial charge in [0.1, 0.15) is 6.54 Å². The van der Waals surface area contributed by atoms with Gasteiger partial charge in [-0.1, -0.05) is 23.5 Å². The minimum Gasteiger partial charge on any atom is -0.325 e. The third-order valence-electron chi connectivity index (χ3n) is 4.53. The van der Waals surface area contributed by atoms with Crippen molar-refractivity contribution in [1.82, 2.24) is 14.5 Å². The molecular formula is C21H19N5O4S2. The Balaban J connectivity index is 1.46. The van der Waals surface area contributed by atoms with Crippen molar-refractivity contribution in [3.05, 3.63) is 75.7 Å². The smallest absolute Gasteiger partial charge is 0.308 e. The number of fused-ring (bicyclic) bond motifs is 1. The fraction of sp³-hybridized carbons (Fsp3) is 0.143. The first-order valence-corrected chi connectivity index (χ1v) is 11.8. The molecule has 0 spiro atoms. The molecule has 9 nitrogen and oxygen atoms in total. The minimum atomic E-state index is -3.89. The van der Waals surface area contributed by atoms with Gasteiger partial charge in [0.15, 0.2) is 0 Å². The first kappa shape index (κ1) is 21.7. The number of hydrogen-bond acceptors (Lipinski definition) is 7. The van der Waals surface area contributed by atoms with E-state index in [4.69, 9.17) is 0 Å². The van der Waals surface area contributed by atoms with Crippen molar-refractivity contribution in [2.75, 3.05) is 10.0 Å². The summed E-state index contributed by atoms with van der Waals surface area (Å²) in [4.78, 5) is 32.6. The second-order valence-corrected chi connectivity index (χ2v) is 9.75. The summed E-state index contributed by atoms with van der Waals surface area (Å²) in [5.41, 5.74) is 2.39. The van der Waals surface area contributed by atoms with Gasteiger partial charge in [-0.3, -0.25) is 14.2 Å². The standard InChI is InChI=1S/C21H19N5O4S2/c1-13-11-14(2)23-20(22-13)25-32(29,30)16-9-7-15(8-10-16)24-19(27)12-26-17-5-3-4-6-18(17)31-21(26)28/h3-11H,12H2,1-2H3,(H,24,27)(H,22,23,25). The van der Waals surface area contributed by atoms with Crippen LogP contribution in [0.15, 0.2) is 64.3 Å². The predicted molar refractivity (Wildman–Crippen MR) is 123 cm³/mol. The van der Waals surface area contributed by atoms with Gasteiger partial charge in [-0.15, -0.1) is 0 Å². The van der Waals surface area contributed by atoms with Crippen LogP contribution in [-0.4, -0.2) is 28.9 Å². The molecule has 164 valence electrons. The molecule has 4 aromatic rings. The van der Waals surface area contributed by atoms with Gasteiger partial charge in [-0.25, -0.2) is 23.1 Å². The van der Waals surface area contributed by atoms with Crippen molar-refractivity contribution in [2.24, 2.45) is 0 Å². The van der Waals surface area contributed by atoms with Crippen LogP contribution in [0, 0.1) is 13.8 Å². The van der Waals surface area contributed by atoms with Gasteiger partial charge in [-0.2, -0.15) is 0 Å². The van der Waals surface area contributed by atoms with E-state index in [1.807, 2.05) is 12.1 Å². The molecule has 0 saturated heterocycles. The second-order valence-electron chi connectivity index (χ2n) is 7.07. The van der Waals surface area contributed by atoms with Crippen molar-refractivity contribution >= 4 is 49.1 Å². The van der Waals surface area contributed by atoms with Crippen LogP contribution in [0.2, 0.25) is 0 Å². The van der Waals surface area contributed by atoms with E-state index in [1.54, 1.807) is 32.0 Å². The number of sulfonamides is 1. The number of amides is 1. The molecule has 2 aromatic heterocycles. The van der Waals surface area contributed by atoms with Crippen molar-refractivity contribution in [3.8, 4) is 0 Å². The van der Waals surface area contributed by atoms with Crippen molar-refractivity contribution in [1.29, 1.82) is 0 Å². The third kappa shape index (κ3) is 4.68. The molecule has 2 heterocycles. The van der Waals surface area contributed by atoms with Crippen molar-refractivity contribution in [3.63, 3.8) is 0 Å². The van der Waals surface area contributed by atoms with E-state index in [2.05, 4.69) is 20.0 Å². The molecule has 32 heavy (non-hydrogen) atoms. The number of anilines is 2. The topological polar surface area (TPSA) is 123 Å². The summed E-state index contributed by atoms with van der Waals surface area (Å²) in [6.07, 6.45) is 0. The number of para-hydroxylation sites is 1. The number of nitrogens with one attached hydrogen (secondary N) is 2. The lowest BCUT2D eigenvalue weighted by Crippen LogP contribution is -2.24. The van der Waals surface area contributed by atoms with E-state index in [1.165, 1.54) is 28.8 Å². The average molecular weight is 470 g/mol. The molecule has 0 bridgehead atoms. The van der Waals surface area contributed by atoms with Gasteiger partial charge >= 0.3 is 4.87 Å². The zero-order valence-corrected chi connectivity index (χ0v) is 18.8. The van der Waals surface area contributed by atoms with Crippen LogP contribution in [0.5, 0.6) is 0 Å². The molecule has 0 aliphatic heterocycles. The molecule has 2 aromatic carbocycles. The number of carbonyl (C=O) groups is 1. The largest absolute Gasteiger partial charge is 0.325 e. The SMILES string of the molecule is Cc1cc(C)nc(NS(=O)(=O)c2ccc(NC(=O)Cn3c(=O)sc4ccccc43)cc2)n1. The molecule has 0 atom stereocenters. The summed E-state index contributed by atoms with van der Waals surface area (Å²) in [6, 6.07) is 14.7. The van der Waals surface area contributed by atoms with Crippen molar-refractivity contribution < 1.29 is 13.2 Å². The lowest BCUT2D eigenvalue weighted by Gasteiger charge is -2.10. The number of thiazole rings is 1. The number of nitrogens with zero attached hydrogens (tertiary/aromatic N) is 3. The molecule has 0 radical (unpaired) electrons. The Bertz CT molecular complexity index is 1450. The van der Waals surface area contributed by atoms with Crippen LogP contribution in [0.25, 0.3) is 10.2 Å². The van der Waals surface area contributed by atoms with Gasteiger partial charge in [0.25, 0.3) is 10.0 Å². The molecule has 2 N–H and O–H groups in total. The van der Waals surface area contributed by atoms with E-state index in [0.29, 0.717) is 22.6 Å². The summed E-state index contributed by atoms with van der Waals surface area (Å²) in [6.45, 7) is 3.35. The van der Waals surface area contributed by atoms with E-state index >= 15 is 0 Å². The Labute approximate surface area is 187 Å². The zero-order chi connectivity index (χ0) is 22.9. The van der Waals surface area contributed by atoms with E-state index in [-0.39, 0.29) is 22.3 Å². The van der Waals surface area contributed by atoms with E-state index in [0.717, 1.165) is 16.0 Å². The first-order chi connectivity index (χ1) is 15.2. The van der Waals surface area contributed by atoms with Gasteiger partial charge in [-0.05, 0) is 56.3 Å². The Morgan fingerprint density at radius 3 is 2.38 bits per heavy atom. The number of rotatable bonds is 6. The van der Waals surface area contributed by atoms with Gasteiger partial charge in [0, 0.05) is 17.1 Å². The summed E-state index contributed by atoms with van der Waals surface area (Å²) in [7, 11) is -3.89. The van der Waals surface area contributed by atoms with E-state index < -0.39 is 15.9 Å². The Morgan fingerprint density at radius 1 is 1.03 bits per heavy atom. The molecule has 4 rings (SSSR count). The maximum atomic E-state index is 12.6. The highest BCUT2D eigenvalue weighted by atomic mass is 32.2. The van der Waals surface area contributed by atoms with Gasteiger partial charge < -0.3 is 5.32 Å². The van der Waals surface area contributed by atoms with Crippen LogP contribution >= 0.6 is 11.3 Å². The van der Waals surface area contributed by atoms with Crippen LogP contribution in [0.4, 0.5) is 11.6 Å². The zero-order valence-electron chi connectivity index (χ0n) is 17.2. The molecule has 0 unspecified atom stereocenters. The average Bonchev–Trinajstić information content (AvgIpc) is 3.02. The maximum absolute atomic E-state index is 12.6. The number of carbonyl (C=O) groups excluding carboxylic acids is 1. The predicted octanol–water partition coefficient (Wildman–Crippen LogP) is 2.91. The Morgan fingerprint density at radius 2 is 1.69 bits per heavy atom. The molecule has 11 heteroatoms. The maximum Gasteiger partial charge on any atom is 0.308 e.